The molecule has 1 fully saturated rings. The Morgan fingerprint density at radius 2 is 1.87 bits per heavy atom. The van der Waals surface area contributed by atoms with Crippen molar-refractivity contribution < 1.29 is 28.2 Å². The van der Waals surface area contributed by atoms with Gasteiger partial charge in [-0.3, -0.25) is 0 Å². The number of fused-ring (bicyclic) bond motifs is 1. The number of halogens is 3. The molecule has 1 aliphatic heterocycles. The van der Waals surface area contributed by atoms with Crippen molar-refractivity contribution in [3.63, 3.8) is 0 Å². The maximum absolute atomic E-state index is 10.6. The van der Waals surface area contributed by atoms with Crippen LogP contribution in [0.1, 0.15) is 0 Å². The zero-order chi connectivity index (χ0) is 22.6. The van der Waals surface area contributed by atoms with Crippen LogP contribution < -0.4 is 10.2 Å². The van der Waals surface area contributed by atoms with Crippen LogP contribution in [0.2, 0.25) is 0 Å². The minimum absolute atomic E-state index is 0.215. The van der Waals surface area contributed by atoms with E-state index >= 15 is 0 Å². The van der Waals surface area contributed by atoms with Gasteiger partial charge >= 0.3 is 12.1 Å². The van der Waals surface area contributed by atoms with E-state index in [1.54, 1.807) is 29.5 Å². The fraction of sp³-hybridized carbons (Fsp3) is 0.333. The summed E-state index contributed by atoms with van der Waals surface area (Å²) in [5.41, 5.74) is 1.48. The monoisotopic (exact) mass is 456 g/mol. The maximum atomic E-state index is 10.6. The summed E-state index contributed by atoms with van der Waals surface area (Å²) in [4.78, 5) is 26.8. The summed E-state index contributed by atoms with van der Waals surface area (Å²) in [6.45, 7) is 4.02. The lowest BCUT2D eigenvalue weighted by atomic mass is 10.3. The summed E-state index contributed by atoms with van der Waals surface area (Å²) < 4.78 is 32.7. The van der Waals surface area contributed by atoms with Crippen LogP contribution >= 0.6 is 11.3 Å². The van der Waals surface area contributed by atoms with Crippen molar-refractivity contribution in [2.45, 2.75) is 6.18 Å². The first-order valence-corrected chi connectivity index (χ1v) is 9.86. The van der Waals surface area contributed by atoms with Gasteiger partial charge in [0.15, 0.2) is 16.6 Å². The fourth-order valence-corrected chi connectivity index (χ4v) is 3.70. The number of nitrogens with zero attached hydrogens (tertiary/aromatic N) is 5. The third kappa shape index (κ3) is 5.92. The van der Waals surface area contributed by atoms with Gasteiger partial charge in [-0.1, -0.05) is 17.4 Å². The number of nitrogens with one attached hydrogen (secondary N) is 1. The molecule has 1 saturated heterocycles. The van der Waals surface area contributed by atoms with Gasteiger partial charge in [0.2, 0.25) is 0 Å². The number of hydrogen-bond donors (Lipinski definition) is 3. The van der Waals surface area contributed by atoms with Crippen molar-refractivity contribution in [2.75, 3.05) is 43.4 Å². The van der Waals surface area contributed by atoms with Crippen LogP contribution in [0.5, 0.6) is 5.75 Å². The number of aromatic nitrogens is 3. The summed E-state index contributed by atoms with van der Waals surface area (Å²) in [5, 5.41) is 21.0. The van der Waals surface area contributed by atoms with Crippen molar-refractivity contribution in [1.82, 2.24) is 19.9 Å². The lowest BCUT2D eigenvalue weighted by Crippen LogP contribution is -2.44. The molecular weight excluding hydrogens is 437 g/mol. The van der Waals surface area contributed by atoms with E-state index in [2.05, 4.69) is 37.1 Å². The number of phenolic OH excluding ortho intramolecular Hbond substituents is 1. The highest BCUT2D eigenvalue weighted by molar-refractivity contribution is 7.22. The van der Waals surface area contributed by atoms with E-state index in [1.165, 1.54) is 6.33 Å². The molecule has 1 aliphatic rings. The number of carboxylic acids is 1. The van der Waals surface area contributed by atoms with Crippen LogP contribution in [0.15, 0.2) is 30.6 Å². The number of anilines is 3. The topological polar surface area (TPSA) is 115 Å². The average Bonchev–Trinajstić information content (AvgIpc) is 3.14. The molecule has 166 valence electrons. The van der Waals surface area contributed by atoms with Gasteiger partial charge in [-0.25, -0.2) is 14.8 Å². The maximum Gasteiger partial charge on any atom is 0.490 e. The molecule has 9 nitrogen and oxygen atoms in total. The number of aromatic hydroxyl groups is 1. The Labute approximate surface area is 178 Å². The Morgan fingerprint density at radius 1 is 1.19 bits per heavy atom. The predicted octanol–water partition coefficient (Wildman–Crippen LogP) is 2.92. The molecule has 3 aromatic rings. The molecule has 13 heteroatoms. The quantitative estimate of drug-likeness (QED) is 0.547. The van der Waals surface area contributed by atoms with E-state index in [0.29, 0.717) is 11.5 Å². The number of benzene rings is 1. The molecule has 0 aliphatic carbocycles. The number of phenols is 1. The minimum atomic E-state index is -5.08. The number of piperazine rings is 1. The standard InChI is InChI=1S/C16H18N6OS.C2HF3O2/c1-21-5-7-22(8-6-21)16-20-15-13(24-16)14(17-10-18-15)19-11-3-2-4-12(23)9-11;3-2(4,5)1(6)7/h2-4,9-10,23H,5-8H2,1H3,(H,17,18,19);(H,6,7). The van der Waals surface area contributed by atoms with Gasteiger partial charge in [-0.2, -0.15) is 18.2 Å². The molecule has 1 aromatic carbocycles. The van der Waals surface area contributed by atoms with Crippen molar-refractivity contribution >= 4 is 44.3 Å². The number of likely N-dealkylation sites (N-methyl/N-ethyl adjacent to an activating group) is 1. The Morgan fingerprint density at radius 3 is 2.48 bits per heavy atom. The predicted molar refractivity (Wildman–Crippen MR) is 110 cm³/mol. The average molecular weight is 456 g/mol. The molecule has 31 heavy (non-hydrogen) atoms. The molecule has 0 saturated carbocycles. The zero-order valence-electron chi connectivity index (χ0n) is 16.3. The van der Waals surface area contributed by atoms with Crippen LogP contribution in [0.3, 0.4) is 0 Å². The molecule has 0 amide bonds. The second-order valence-corrected chi connectivity index (χ2v) is 7.62. The Hall–Kier alpha value is -3.19. The second kappa shape index (κ2) is 9.31. The summed E-state index contributed by atoms with van der Waals surface area (Å²) in [7, 11) is 2.14. The van der Waals surface area contributed by atoms with Gasteiger partial charge in [0.05, 0.1) is 0 Å². The molecule has 0 atom stereocenters. The number of aliphatic carboxylic acids is 1. The fourth-order valence-electron chi connectivity index (χ4n) is 2.69. The van der Waals surface area contributed by atoms with Gasteiger partial charge in [-0.15, -0.1) is 0 Å². The second-order valence-electron chi connectivity index (χ2n) is 6.64. The first kappa shape index (κ1) is 22.5. The highest BCUT2D eigenvalue weighted by Crippen LogP contribution is 2.33. The molecule has 0 unspecified atom stereocenters. The number of carbonyl (C=O) groups is 1. The molecule has 0 radical (unpaired) electrons. The number of rotatable bonds is 3. The normalized spacial score (nSPS) is 14.8. The van der Waals surface area contributed by atoms with Gasteiger partial charge in [-0.05, 0) is 19.2 Å². The molecule has 0 spiro atoms. The SMILES string of the molecule is CN1CCN(c2nc3ncnc(Nc4cccc(O)c4)c3s2)CC1.O=C(O)C(F)(F)F. The van der Waals surface area contributed by atoms with Crippen molar-refractivity contribution in [2.24, 2.45) is 0 Å². The van der Waals surface area contributed by atoms with Crippen molar-refractivity contribution in [3.8, 4) is 5.75 Å². The first-order chi connectivity index (χ1) is 14.6. The summed E-state index contributed by atoms with van der Waals surface area (Å²) in [5.74, 6) is -1.83. The summed E-state index contributed by atoms with van der Waals surface area (Å²) in [6.07, 6.45) is -3.57. The number of alkyl halides is 3. The van der Waals surface area contributed by atoms with Crippen LogP contribution in [-0.4, -0.2) is 75.4 Å². The minimum Gasteiger partial charge on any atom is -0.508 e. The van der Waals surface area contributed by atoms with E-state index in [9.17, 15) is 18.3 Å². The third-order valence-electron chi connectivity index (χ3n) is 4.31. The first-order valence-electron chi connectivity index (χ1n) is 9.04. The van der Waals surface area contributed by atoms with E-state index in [0.717, 1.165) is 41.7 Å². The van der Waals surface area contributed by atoms with Crippen molar-refractivity contribution in [1.29, 1.82) is 0 Å². The third-order valence-corrected chi connectivity index (χ3v) is 5.42. The Balaban J connectivity index is 0.000000339. The lowest BCUT2D eigenvalue weighted by Gasteiger charge is -2.31. The van der Waals surface area contributed by atoms with Crippen LogP contribution in [0, 0.1) is 0 Å². The van der Waals surface area contributed by atoms with Gasteiger partial charge < -0.3 is 25.3 Å². The van der Waals surface area contributed by atoms with Gasteiger partial charge in [0.1, 0.15) is 16.8 Å². The van der Waals surface area contributed by atoms with E-state index < -0.39 is 12.1 Å². The highest BCUT2D eigenvalue weighted by Gasteiger charge is 2.38. The van der Waals surface area contributed by atoms with Gasteiger partial charge in [0.25, 0.3) is 0 Å². The van der Waals surface area contributed by atoms with Crippen molar-refractivity contribution in [3.05, 3.63) is 30.6 Å². The molecule has 2 aromatic heterocycles. The highest BCUT2D eigenvalue weighted by atomic mass is 32.1. The largest absolute Gasteiger partial charge is 0.508 e. The summed E-state index contributed by atoms with van der Waals surface area (Å²) in [6, 6.07) is 6.98. The van der Waals surface area contributed by atoms with Gasteiger partial charge in [0, 0.05) is 37.9 Å². The lowest BCUT2D eigenvalue weighted by molar-refractivity contribution is -0.192. The molecule has 0 bridgehead atoms. The molecular formula is C18H19F3N6O3S. The molecule has 4 rings (SSSR count). The van der Waals surface area contributed by atoms with E-state index in [1.807, 2.05) is 6.07 Å². The zero-order valence-corrected chi connectivity index (χ0v) is 17.1. The van der Waals surface area contributed by atoms with Crippen LogP contribution in [0.25, 0.3) is 10.3 Å². The number of thiazole rings is 1. The molecule has 3 heterocycles. The van der Waals surface area contributed by atoms with Crippen LogP contribution in [-0.2, 0) is 4.79 Å². The Bertz CT molecular complexity index is 1050. The van der Waals surface area contributed by atoms with E-state index in [4.69, 9.17) is 9.90 Å². The summed E-state index contributed by atoms with van der Waals surface area (Å²) >= 11 is 1.60. The van der Waals surface area contributed by atoms with Crippen LogP contribution in [0.4, 0.5) is 29.8 Å². The number of carboxylic acid groups (broad SMARTS) is 1. The molecule has 3 N–H and O–H groups in total. The Kier molecular flexibility index (Phi) is 6.75. The smallest absolute Gasteiger partial charge is 0.490 e. The number of hydrogen-bond acceptors (Lipinski definition) is 9. The van der Waals surface area contributed by atoms with E-state index in [-0.39, 0.29) is 5.75 Å².